The molecule has 7 heteroatoms. The first kappa shape index (κ1) is 11.4. The van der Waals surface area contributed by atoms with Gasteiger partial charge < -0.3 is 15.6 Å². The van der Waals surface area contributed by atoms with Crippen LogP contribution in [-0.2, 0) is 0 Å². The Morgan fingerprint density at radius 3 is 3.00 bits per heavy atom. The number of nitrogens with zero attached hydrogens (tertiary/aromatic N) is 2. The number of rotatable bonds is 2. The van der Waals surface area contributed by atoms with E-state index in [1.807, 2.05) is 0 Å². The second-order valence-electron chi connectivity index (χ2n) is 3.24. The molecule has 3 N–H and O–H groups in total. The van der Waals surface area contributed by atoms with Gasteiger partial charge in [-0.2, -0.15) is 4.98 Å². The summed E-state index contributed by atoms with van der Waals surface area (Å²) in [6.45, 7) is 0. The molecule has 1 aromatic carbocycles. The van der Waals surface area contributed by atoms with Crippen molar-refractivity contribution in [3.05, 3.63) is 29.0 Å². The molecule has 0 aliphatic rings. The Balaban J connectivity index is 2.43. The van der Waals surface area contributed by atoms with E-state index >= 15 is 0 Å². The molecule has 0 aliphatic carbocycles. The van der Waals surface area contributed by atoms with Crippen LogP contribution in [0.4, 0.5) is 5.69 Å². The second kappa shape index (κ2) is 4.42. The lowest BCUT2D eigenvalue weighted by molar-refractivity contribution is 0.0950. The fourth-order valence-corrected chi connectivity index (χ4v) is 1.44. The lowest BCUT2D eigenvalue weighted by atomic mass is 10.2. The molecule has 1 aromatic heterocycles. The lowest BCUT2D eigenvalue weighted by Gasteiger charge is -1.99. The van der Waals surface area contributed by atoms with Crippen molar-refractivity contribution in [3.63, 3.8) is 0 Å². The van der Waals surface area contributed by atoms with Gasteiger partial charge in [0.05, 0.1) is 10.6 Å². The van der Waals surface area contributed by atoms with E-state index in [2.05, 4.69) is 15.5 Å². The summed E-state index contributed by atoms with van der Waals surface area (Å²) in [5.74, 6) is -0.332. The van der Waals surface area contributed by atoms with Crippen molar-refractivity contribution in [1.82, 2.24) is 15.5 Å². The third-order valence-electron chi connectivity index (χ3n) is 2.08. The molecule has 88 valence electrons. The summed E-state index contributed by atoms with van der Waals surface area (Å²) >= 11 is 5.97. The average molecular weight is 253 g/mol. The topological polar surface area (TPSA) is 94.0 Å². The number of carbonyl (C=O) groups excluding carboxylic acids is 1. The van der Waals surface area contributed by atoms with Crippen LogP contribution in [0.3, 0.4) is 0 Å². The normalized spacial score (nSPS) is 10.2. The summed E-state index contributed by atoms with van der Waals surface area (Å²) < 4.78 is 4.95. The minimum absolute atomic E-state index is 0.0546. The van der Waals surface area contributed by atoms with Crippen LogP contribution in [0, 0.1) is 0 Å². The van der Waals surface area contributed by atoms with Gasteiger partial charge in [-0.3, -0.25) is 4.79 Å². The van der Waals surface area contributed by atoms with Gasteiger partial charge in [0.2, 0.25) is 0 Å². The molecule has 0 saturated carbocycles. The number of anilines is 1. The fourth-order valence-electron chi connectivity index (χ4n) is 1.24. The Labute approximate surface area is 102 Å². The zero-order valence-corrected chi connectivity index (χ0v) is 9.65. The van der Waals surface area contributed by atoms with Crippen molar-refractivity contribution >= 4 is 23.2 Å². The van der Waals surface area contributed by atoms with Crippen LogP contribution in [0.1, 0.15) is 10.6 Å². The molecule has 0 atom stereocenters. The Kier molecular flexibility index (Phi) is 2.97. The molecular weight excluding hydrogens is 244 g/mol. The highest BCUT2D eigenvalue weighted by atomic mass is 35.5. The van der Waals surface area contributed by atoms with E-state index in [4.69, 9.17) is 21.9 Å². The van der Waals surface area contributed by atoms with E-state index in [0.717, 1.165) is 0 Å². The fraction of sp³-hybridized carbons (Fsp3) is 0.100. The third kappa shape index (κ3) is 2.21. The number of hydrogen-bond acceptors (Lipinski definition) is 5. The van der Waals surface area contributed by atoms with Gasteiger partial charge in [-0.1, -0.05) is 16.8 Å². The first-order chi connectivity index (χ1) is 8.11. The summed E-state index contributed by atoms with van der Waals surface area (Å²) in [6.07, 6.45) is 0. The van der Waals surface area contributed by atoms with E-state index < -0.39 is 5.91 Å². The maximum atomic E-state index is 11.3. The standard InChI is InChI=1S/C10H9ClN4O2/c1-13-9(16)8-14-10(17-15-8)6-4-5(12)2-3-7(6)11/h2-4H,12H2,1H3,(H,13,16). The van der Waals surface area contributed by atoms with E-state index in [1.165, 1.54) is 7.05 Å². The molecule has 1 heterocycles. The largest absolute Gasteiger partial charge is 0.399 e. The second-order valence-corrected chi connectivity index (χ2v) is 3.65. The van der Waals surface area contributed by atoms with Gasteiger partial charge in [0.1, 0.15) is 0 Å². The Morgan fingerprint density at radius 2 is 2.29 bits per heavy atom. The molecule has 2 rings (SSSR count). The van der Waals surface area contributed by atoms with Gasteiger partial charge >= 0.3 is 0 Å². The highest BCUT2D eigenvalue weighted by molar-refractivity contribution is 6.33. The van der Waals surface area contributed by atoms with Crippen LogP contribution in [0.25, 0.3) is 11.5 Å². The van der Waals surface area contributed by atoms with Crippen LogP contribution in [-0.4, -0.2) is 23.1 Å². The Morgan fingerprint density at radius 1 is 1.53 bits per heavy atom. The number of aromatic nitrogens is 2. The number of carbonyl (C=O) groups is 1. The van der Waals surface area contributed by atoms with Crippen LogP contribution in [0.15, 0.2) is 22.7 Å². The van der Waals surface area contributed by atoms with Crippen molar-refractivity contribution in [2.75, 3.05) is 12.8 Å². The minimum atomic E-state index is -0.431. The monoisotopic (exact) mass is 252 g/mol. The van der Waals surface area contributed by atoms with E-state index in [0.29, 0.717) is 16.3 Å². The first-order valence-electron chi connectivity index (χ1n) is 4.73. The van der Waals surface area contributed by atoms with Crippen LogP contribution in [0.2, 0.25) is 5.02 Å². The Bertz CT molecular complexity index is 567. The summed E-state index contributed by atoms with van der Waals surface area (Å²) in [4.78, 5) is 15.2. The molecule has 0 aliphatic heterocycles. The lowest BCUT2D eigenvalue weighted by Crippen LogP contribution is -2.19. The maximum absolute atomic E-state index is 11.3. The molecule has 17 heavy (non-hydrogen) atoms. The van der Waals surface area contributed by atoms with Crippen LogP contribution >= 0.6 is 11.6 Å². The first-order valence-corrected chi connectivity index (χ1v) is 5.11. The average Bonchev–Trinajstić information content (AvgIpc) is 2.80. The number of halogens is 1. The molecule has 0 unspecified atom stereocenters. The number of hydrogen-bond donors (Lipinski definition) is 2. The highest BCUT2D eigenvalue weighted by Gasteiger charge is 2.16. The molecule has 6 nitrogen and oxygen atoms in total. The summed E-state index contributed by atoms with van der Waals surface area (Å²) in [5.41, 5.74) is 6.64. The van der Waals surface area contributed by atoms with Gasteiger partial charge in [0.25, 0.3) is 17.6 Å². The number of nitrogens with two attached hydrogens (primary N) is 1. The zero-order chi connectivity index (χ0) is 12.4. The quantitative estimate of drug-likeness (QED) is 0.787. The smallest absolute Gasteiger partial charge is 0.292 e. The van der Waals surface area contributed by atoms with Crippen molar-refractivity contribution < 1.29 is 9.32 Å². The molecular formula is C10H9ClN4O2. The molecule has 1 amide bonds. The Hall–Kier alpha value is -2.08. The highest BCUT2D eigenvalue weighted by Crippen LogP contribution is 2.28. The summed E-state index contributed by atoms with van der Waals surface area (Å²) in [5, 5.41) is 6.35. The van der Waals surface area contributed by atoms with Gasteiger partial charge in [-0.05, 0) is 18.2 Å². The van der Waals surface area contributed by atoms with Crippen LogP contribution in [0.5, 0.6) is 0 Å². The molecule has 0 fully saturated rings. The van der Waals surface area contributed by atoms with Crippen molar-refractivity contribution in [1.29, 1.82) is 0 Å². The van der Waals surface area contributed by atoms with Crippen LogP contribution < -0.4 is 11.1 Å². The SMILES string of the molecule is CNC(=O)c1noc(-c2cc(N)ccc2Cl)n1. The molecule has 0 saturated heterocycles. The maximum Gasteiger partial charge on any atom is 0.292 e. The molecule has 2 aromatic rings. The molecule has 0 radical (unpaired) electrons. The van der Waals surface area contributed by atoms with Gasteiger partial charge in [-0.25, -0.2) is 0 Å². The number of nitrogens with one attached hydrogen (secondary N) is 1. The van der Waals surface area contributed by atoms with Crippen molar-refractivity contribution in [3.8, 4) is 11.5 Å². The van der Waals surface area contributed by atoms with Gasteiger partial charge in [0.15, 0.2) is 0 Å². The summed E-state index contributed by atoms with van der Waals surface area (Å²) in [7, 11) is 1.48. The minimum Gasteiger partial charge on any atom is -0.399 e. The molecule has 0 spiro atoms. The van der Waals surface area contributed by atoms with Gasteiger partial charge in [0, 0.05) is 12.7 Å². The predicted molar refractivity (Wildman–Crippen MR) is 62.5 cm³/mol. The van der Waals surface area contributed by atoms with E-state index in [1.54, 1.807) is 18.2 Å². The number of benzene rings is 1. The predicted octanol–water partition coefficient (Wildman–Crippen LogP) is 1.33. The third-order valence-corrected chi connectivity index (χ3v) is 2.41. The zero-order valence-electron chi connectivity index (χ0n) is 8.90. The van der Waals surface area contributed by atoms with E-state index in [9.17, 15) is 4.79 Å². The van der Waals surface area contributed by atoms with E-state index in [-0.39, 0.29) is 11.7 Å². The number of amides is 1. The van der Waals surface area contributed by atoms with Crippen molar-refractivity contribution in [2.24, 2.45) is 0 Å². The molecule has 0 bridgehead atoms. The summed E-state index contributed by atoms with van der Waals surface area (Å²) in [6, 6.07) is 4.88. The van der Waals surface area contributed by atoms with Gasteiger partial charge in [-0.15, -0.1) is 0 Å². The van der Waals surface area contributed by atoms with Crippen molar-refractivity contribution in [2.45, 2.75) is 0 Å². The number of nitrogen functional groups attached to an aromatic ring is 1.